The molecule has 3 saturated heterocycles. The summed E-state index contributed by atoms with van der Waals surface area (Å²) in [5, 5.41) is 13.2. The minimum Gasteiger partial charge on any atom is -0.432 e. The van der Waals surface area contributed by atoms with Crippen LogP contribution < -0.4 is 10.9 Å². The summed E-state index contributed by atoms with van der Waals surface area (Å²) in [5.74, 6) is -2.34. The number of halogens is 2. The van der Waals surface area contributed by atoms with Crippen molar-refractivity contribution in [3.63, 3.8) is 0 Å². The summed E-state index contributed by atoms with van der Waals surface area (Å²) in [5.41, 5.74) is -4.75. The van der Waals surface area contributed by atoms with Gasteiger partial charge in [0.1, 0.15) is 12.1 Å². The van der Waals surface area contributed by atoms with Crippen LogP contribution in [0.1, 0.15) is 100 Å². The number of likely N-dealkylation sites (tertiary alicyclic amines) is 1. The van der Waals surface area contributed by atoms with Crippen LogP contribution in [0.5, 0.6) is 0 Å². The topological polar surface area (TPSA) is 214 Å². The lowest BCUT2D eigenvalue weighted by atomic mass is 9.91. The van der Waals surface area contributed by atoms with Crippen molar-refractivity contribution < 1.29 is 55.8 Å². The molecule has 0 radical (unpaired) electrons. The van der Waals surface area contributed by atoms with Crippen molar-refractivity contribution in [2.45, 2.75) is 108 Å². The average Bonchev–Trinajstić information content (AvgIpc) is 3.89. The minimum atomic E-state index is -5.49. The number of amides is 3. The highest BCUT2D eigenvalue weighted by Gasteiger charge is 2.55. The molecule has 0 saturated carbocycles. The predicted octanol–water partition coefficient (Wildman–Crippen LogP) is 7.43. The number of fused-ring (bicyclic) bond motifs is 2. The van der Waals surface area contributed by atoms with E-state index < -0.39 is 74.3 Å². The molecule has 2 aromatic carbocycles. The monoisotopic (exact) mass is 941 g/mol. The van der Waals surface area contributed by atoms with Gasteiger partial charge in [-0.05, 0) is 86.1 Å². The van der Waals surface area contributed by atoms with E-state index in [-0.39, 0.29) is 70.7 Å². The molecule has 0 spiro atoms. The van der Waals surface area contributed by atoms with Gasteiger partial charge in [0.15, 0.2) is 5.12 Å². The fourth-order valence-corrected chi connectivity index (χ4v) is 10.9. The highest BCUT2D eigenvalue weighted by molar-refractivity contribution is 8.13. The molecule has 2 N–H and O–H groups in total. The number of benzene rings is 2. The average molecular weight is 942 g/mol. The second kappa shape index (κ2) is 21.4. The fourth-order valence-electron chi connectivity index (χ4n) is 8.51. The van der Waals surface area contributed by atoms with Crippen LogP contribution in [0.3, 0.4) is 0 Å². The predicted molar refractivity (Wildman–Crippen MR) is 236 cm³/mol. The van der Waals surface area contributed by atoms with E-state index in [2.05, 4.69) is 16.4 Å². The molecule has 3 aliphatic rings. The van der Waals surface area contributed by atoms with Crippen molar-refractivity contribution in [3.8, 4) is 6.07 Å². The fraction of sp³-hybridized carbons (Fsp3) is 0.533. The molecule has 1 aromatic heterocycles. The first-order valence-corrected chi connectivity index (χ1v) is 24.2. The number of carbonyl (C=O) groups excluding carboxylic acids is 5. The number of carbonyl (C=O) groups is 5. The number of pyridine rings is 1. The van der Waals surface area contributed by atoms with Crippen LogP contribution in [0, 0.1) is 23.2 Å². The third-order valence-electron chi connectivity index (χ3n) is 11.7. The Morgan fingerprint density at radius 2 is 1.72 bits per heavy atom. The molecule has 3 fully saturated rings. The molecular formula is C45H54F2N5O11PS. The summed E-state index contributed by atoms with van der Waals surface area (Å²) in [6.07, 6.45) is 3.25. The first-order valence-electron chi connectivity index (χ1n) is 21.7. The van der Waals surface area contributed by atoms with E-state index in [0.717, 1.165) is 30.3 Å². The van der Waals surface area contributed by atoms with Crippen molar-refractivity contribution in [2.75, 3.05) is 32.2 Å². The van der Waals surface area contributed by atoms with Crippen molar-refractivity contribution in [3.05, 3.63) is 81.8 Å². The van der Waals surface area contributed by atoms with Crippen molar-refractivity contribution in [1.29, 1.82) is 5.26 Å². The molecule has 350 valence electrons. The number of thioether (sulfide) groups is 1. The van der Waals surface area contributed by atoms with Crippen LogP contribution in [0.4, 0.5) is 13.6 Å². The van der Waals surface area contributed by atoms with Crippen LogP contribution in [-0.4, -0.2) is 100 Å². The van der Waals surface area contributed by atoms with E-state index in [1.54, 1.807) is 15.9 Å². The van der Waals surface area contributed by atoms with E-state index in [1.165, 1.54) is 50.4 Å². The quantitative estimate of drug-likeness (QED) is 0.0620. The molecule has 0 bridgehead atoms. The molecular weight excluding hydrogens is 888 g/mol. The van der Waals surface area contributed by atoms with E-state index in [9.17, 15) is 38.6 Å². The Bertz CT molecular complexity index is 2410. The van der Waals surface area contributed by atoms with E-state index in [0.29, 0.717) is 43.1 Å². The molecule has 20 heteroatoms. The number of rotatable bonds is 16. The Morgan fingerprint density at radius 3 is 2.45 bits per heavy atom. The largest absolute Gasteiger partial charge is 0.510 e. The maximum Gasteiger partial charge on any atom is 0.510 e. The van der Waals surface area contributed by atoms with Gasteiger partial charge in [0.25, 0.3) is 5.91 Å². The van der Waals surface area contributed by atoms with Gasteiger partial charge in [-0.1, -0.05) is 56.7 Å². The Labute approximate surface area is 379 Å². The zero-order valence-electron chi connectivity index (χ0n) is 36.7. The molecule has 6 rings (SSSR count). The number of aromatic nitrogens is 1. The first-order chi connectivity index (χ1) is 30.9. The molecule has 1 unspecified atom stereocenters. The molecule has 6 atom stereocenters. The standard InChI is InChI=1S/C45H54F2N5O11PS/c1-27(2)19-40(54)65-18-17-61-64(59,62-26-60-44(58)63-28(3)4)45(46,47)34-12-11-29-9-10-31(20-32(29)21-34)41(55)50-37-8-6-5-7-35-13-14-38(52(35)42(37)56)43(57)51-24-33(23-48)36(25-51)30-15-16-49-39(53)22-30/h9-12,15-16,20-22,27-28,33,35-38H,5-8,13-14,17-19,24-26H2,1-4H3,(H,49,53)(H,50,55)/t33-,35+,36+,37+,38+,64?/m1/s1. The summed E-state index contributed by atoms with van der Waals surface area (Å²) in [6.45, 7) is 5.36. The Kier molecular flexibility index (Phi) is 16.3. The van der Waals surface area contributed by atoms with Gasteiger partial charge >= 0.3 is 19.4 Å². The molecule has 3 amide bonds. The van der Waals surface area contributed by atoms with E-state index in [4.69, 9.17) is 18.5 Å². The minimum absolute atomic E-state index is 0.0414. The number of ether oxygens (including phenoxy) is 2. The Balaban J connectivity index is 1.18. The number of nitriles is 1. The second-order valence-electron chi connectivity index (χ2n) is 17.1. The summed E-state index contributed by atoms with van der Waals surface area (Å²) in [7, 11) is -5.49. The van der Waals surface area contributed by atoms with Crippen LogP contribution in [0.15, 0.2) is 59.5 Å². The van der Waals surface area contributed by atoms with Gasteiger partial charge in [-0.3, -0.25) is 33.1 Å². The van der Waals surface area contributed by atoms with E-state index >= 15 is 8.78 Å². The number of hydrogen-bond donors (Lipinski definition) is 2. The third kappa shape index (κ3) is 11.8. The zero-order valence-corrected chi connectivity index (χ0v) is 38.4. The molecule has 3 aliphatic heterocycles. The molecule has 16 nitrogen and oxygen atoms in total. The third-order valence-corrected chi connectivity index (χ3v) is 14.4. The molecule has 65 heavy (non-hydrogen) atoms. The maximum absolute atomic E-state index is 16.4. The SMILES string of the molecule is CC(C)CC(=O)SCCOP(=O)(OCOC(=O)OC(C)C)C(F)(F)c1ccc2ccc(C(=O)N[C@H]3CCCC[C@H]4CC[C@@H](C(=O)N5C[C@@H](C#N)[C@H](c6cc[nH]c(=O)c6)C5)N4C3=O)cc2c1. The summed E-state index contributed by atoms with van der Waals surface area (Å²) in [6, 6.07) is 11.1. The number of alkyl halides is 2. The van der Waals surface area contributed by atoms with Gasteiger partial charge in [-0.2, -0.15) is 14.0 Å². The van der Waals surface area contributed by atoms with Crippen LogP contribution in [0.25, 0.3) is 10.8 Å². The summed E-state index contributed by atoms with van der Waals surface area (Å²) in [4.78, 5) is 84.3. The lowest BCUT2D eigenvalue weighted by molar-refractivity contribution is -0.146. The van der Waals surface area contributed by atoms with Crippen LogP contribution >= 0.6 is 19.4 Å². The lowest BCUT2D eigenvalue weighted by Crippen LogP contribution is -2.56. The molecule has 4 heterocycles. The lowest BCUT2D eigenvalue weighted by Gasteiger charge is -2.36. The van der Waals surface area contributed by atoms with Crippen molar-refractivity contribution in [2.24, 2.45) is 11.8 Å². The Hall–Kier alpha value is -5.15. The highest BCUT2D eigenvalue weighted by Crippen LogP contribution is 2.67. The number of H-pyrrole nitrogens is 1. The summed E-state index contributed by atoms with van der Waals surface area (Å²) < 4.78 is 66.5. The molecule has 3 aromatic rings. The first kappa shape index (κ1) is 49.3. The van der Waals surface area contributed by atoms with Gasteiger partial charge in [0.05, 0.1) is 24.7 Å². The number of aromatic amines is 1. The smallest absolute Gasteiger partial charge is 0.432 e. The van der Waals surface area contributed by atoms with Crippen molar-refractivity contribution in [1.82, 2.24) is 20.1 Å². The Morgan fingerprint density at radius 1 is 0.969 bits per heavy atom. The van der Waals surface area contributed by atoms with Gasteiger partial charge < -0.3 is 34.1 Å². The zero-order chi connectivity index (χ0) is 47.1. The highest BCUT2D eigenvalue weighted by atomic mass is 32.2. The summed E-state index contributed by atoms with van der Waals surface area (Å²) >= 11 is 0.832. The van der Waals surface area contributed by atoms with Crippen LogP contribution in [0.2, 0.25) is 0 Å². The number of nitrogens with zero attached hydrogens (tertiary/aromatic N) is 3. The number of hydrogen-bond acceptors (Lipinski definition) is 13. The van der Waals surface area contributed by atoms with Crippen molar-refractivity contribution >= 4 is 59.1 Å². The van der Waals surface area contributed by atoms with Gasteiger partial charge in [0.2, 0.25) is 24.2 Å². The van der Waals surface area contributed by atoms with Gasteiger partial charge in [-0.25, -0.2) is 4.79 Å². The van der Waals surface area contributed by atoms with Gasteiger partial charge in [0, 0.05) is 60.6 Å². The normalized spacial score (nSPS) is 22.2. The second-order valence-corrected chi connectivity index (χ2v) is 20.4. The number of nitrogens with one attached hydrogen (secondary N) is 2. The van der Waals surface area contributed by atoms with Crippen LogP contribution in [-0.2, 0) is 43.1 Å². The maximum atomic E-state index is 16.4. The van der Waals surface area contributed by atoms with E-state index in [1.807, 2.05) is 13.8 Å². The molecule has 0 aliphatic carbocycles. The van der Waals surface area contributed by atoms with Gasteiger partial charge in [-0.15, -0.1) is 0 Å².